The summed E-state index contributed by atoms with van der Waals surface area (Å²) in [5, 5.41) is 5.43. The number of nitrogens with one attached hydrogen (secondary N) is 2. The SMILES string of the molecule is COc1ccccc1CC(=O)NCC(N1CCNCC1)C(F)(F)F. The maximum Gasteiger partial charge on any atom is 0.405 e. The van der Waals surface area contributed by atoms with Gasteiger partial charge in [0.15, 0.2) is 0 Å². The molecule has 1 saturated heterocycles. The number of ether oxygens (including phenoxy) is 1. The van der Waals surface area contributed by atoms with Gasteiger partial charge in [-0.15, -0.1) is 0 Å². The average molecular weight is 345 g/mol. The number of alkyl halides is 3. The molecule has 8 heteroatoms. The molecule has 1 amide bonds. The highest BCUT2D eigenvalue weighted by atomic mass is 19.4. The molecule has 0 aliphatic carbocycles. The van der Waals surface area contributed by atoms with Gasteiger partial charge >= 0.3 is 6.18 Å². The van der Waals surface area contributed by atoms with E-state index in [1.807, 2.05) is 0 Å². The van der Waals surface area contributed by atoms with Crippen molar-refractivity contribution in [3.63, 3.8) is 0 Å². The molecule has 1 unspecified atom stereocenters. The van der Waals surface area contributed by atoms with Crippen LogP contribution in [-0.2, 0) is 11.2 Å². The summed E-state index contributed by atoms with van der Waals surface area (Å²) in [6.45, 7) is 1.21. The number of hydrogen-bond donors (Lipinski definition) is 2. The van der Waals surface area contributed by atoms with Gasteiger partial charge in [0, 0.05) is 38.3 Å². The minimum Gasteiger partial charge on any atom is -0.496 e. The average Bonchev–Trinajstić information content (AvgIpc) is 2.55. The van der Waals surface area contributed by atoms with Crippen molar-refractivity contribution in [2.24, 2.45) is 0 Å². The highest BCUT2D eigenvalue weighted by Gasteiger charge is 2.43. The minimum absolute atomic E-state index is 0.0177. The topological polar surface area (TPSA) is 53.6 Å². The van der Waals surface area contributed by atoms with Crippen molar-refractivity contribution in [1.82, 2.24) is 15.5 Å². The Morgan fingerprint density at radius 1 is 1.33 bits per heavy atom. The molecule has 0 aromatic heterocycles. The largest absolute Gasteiger partial charge is 0.496 e. The predicted octanol–water partition coefficient (Wildman–Crippen LogP) is 1.19. The van der Waals surface area contributed by atoms with E-state index in [9.17, 15) is 18.0 Å². The summed E-state index contributed by atoms with van der Waals surface area (Å²) in [4.78, 5) is 13.4. The first-order valence-electron chi connectivity index (χ1n) is 7.82. The zero-order valence-electron chi connectivity index (χ0n) is 13.5. The van der Waals surface area contributed by atoms with E-state index >= 15 is 0 Å². The fourth-order valence-electron chi connectivity index (χ4n) is 2.74. The van der Waals surface area contributed by atoms with Crippen molar-refractivity contribution < 1.29 is 22.7 Å². The lowest BCUT2D eigenvalue weighted by Crippen LogP contribution is -2.57. The Hall–Kier alpha value is -1.80. The minimum atomic E-state index is -4.38. The van der Waals surface area contributed by atoms with Crippen LogP contribution in [0.25, 0.3) is 0 Å². The number of carbonyl (C=O) groups excluding carboxylic acids is 1. The Morgan fingerprint density at radius 3 is 2.62 bits per heavy atom. The van der Waals surface area contributed by atoms with Crippen LogP contribution in [0.15, 0.2) is 24.3 Å². The van der Waals surface area contributed by atoms with Crippen LogP contribution < -0.4 is 15.4 Å². The molecule has 5 nitrogen and oxygen atoms in total. The third-order valence-electron chi connectivity index (χ3n) is 4.01. The second kappa shape index (κ2) is 8.34. The summed E-state index contributed by atoms with van der Waals surface area (Å²) in [6.07, 6.45) is -4.40. The third kappa shape index (κ3) is 5.10. The van der Waals surface area contributed by atoms with Crippen LogP contribution in [0.5, 0.6) is 5.75 Å². The lowest BCUT2D eigenvalue weighted by atomic mass is 10.1. The second-order valence-corrected chi connectivity index (χ2v) is 5.64. The van der Waals surface area contributed by atoms with Crippen molar-refractivity contribution in [3.05, 3.63) is 29.8 Å². The van der Waals surface area contributed by atoms with Crippen molar-refractivity contribution in [2.75, 3.05) is 39.8 Å². The molecule has 0 spiro atoms. The van der Waals surface area contributed by atoms with Gasteiger partial charge in [-0.2, -0.15) is 13.2 Å². The lowest BCUT2D eigenvalue weighted by Gasteiger charge is -2.35. The number of nitrogens with zero attached hydrogens (tertiary/aromatic N) is 1. The van der Waals surface area contributed by atoms with Gasteiger partial charge in [0.25, 0.3) is 0 Å². The van der Waals surface area contributed by atoms with Gasteiger partial charge in [-0.05, 0) is 6.07 Å². The number of benzene rings is 1. The number of hydrogen-bond acceptors (Lipinski definition) is 4. The van der Waals surface area contributed by atoms with Crippen molar-refractivity contribution in [3.8, 4) is 5.75 Å². The Morgan fingerprint density at radius 2 is 2.00 bits per heavy atom. The van der Waals surface area contributed by atoms with Gasteiger partial charge in [0.05, 0.1) is 13.5 Å². The van der Waals surface area contributed by atoms with Crippen LogP contribution >= 0.6 is 0 Å². The number of methoxy groups -OCH3 is 1. The van der Waals surface area contributed by atoms with E-state index in [-0.39, 0.29) is 6.42 Å². The van der Waals surface area contributed by atoms with Gasteiger partial charge in [0.1, 0.15) is 11.8 Å². The van der Waals surface area contributed by atoms with Gasteiger partial charge < -0.3 is 15.4 Å². The van der Waals surface area contributed by atoms with E-state index in [1.165, 1.54) is 12.0 Å². The number of rotatable bonds is 6. The van der Waals surface area contributed by atoms with Crippen molar-refractivity contribution >= 4 is 5.91 Å². The zero-order chi connectivity index (χ0) is 17.6. The highest BCUT2D eigenvalue weighted by molar-refractivity contribution is 5.79. The Bertz CT molecular complexity index is 546. The molecule has 2 N–H and O–H groups in total. The zero-order valence-corrected chi connectivity index (χ0v) is 13.5. The first-order chi connectivity index (χ1) is 11.4. The fourth-order valence-corrected chi connectivity index (χ4v) is 2.74. The lowest BCUT2D eigenvalue weighted by molar-refractivity contribution is -0.184. The van der Waals surface area contributed by atoms with E-state index in [4.69, 9.17) is 4.74 Å². The predicted molar refractivity (Wildman–Crippen MR) is 84.0 cm³/mol. The molecule has 2 rings (SSSR count). The highest BCUT2D eigenvalue weighted by Crippen LogP contribution is 2.25. The van der Waals surface area contributed by atoms with Crippen molar-refractivity contribution in [1.29, 1.82) is 0 Å². The molecule has 1 aliphatic heterocycles. The molecular weight excluding hydrogens is 323 g/mol. The maximum absolute atomic E-state index is 13.3. The van der Waals surface area contributed by atoms with Crippen LogP contribution in [0.4, 0.5) is 13.2 Å². The van der Waals surface area contributed by atoms with E-state index in [0.717, 1.165) is 0 Å². The standard InChI is InChI=1S/C16H22F3N3O2/c1-24-13-5-3-2-4-12(13)10-15(23)21-11-14(16(17,18)19)22-8-6-20-7-9-22/h2-5,14,20H,6-11H2,1H3,(H,21,23). The molecule has 1 aromatic carbocycles. The second-order valence-electron chi connectivity index (χ2n) is 5.64. The first kappa shape index (κ1) is 18.5. The Kier molecular flexibility index (Phi) is 6.44. The Labute approximate surface area is 139 Å². The molecule has 1 aromatic rings. The molecule has 0 bridgehead atoms. The number of amides is 1. The fraction of sp³-hybridized carbons (Fsp3) is 0.562. The number of halogens is 3. The molecule has 1 aliphatic rings. The van der Waals surface area contributed by atoms with Gasteiger partial charge in [-0.3, -0.25) is 9.69 Å². The first-order valence-corrected chi connectivity index (χ1v) is 7.82. The summed E-state index contributed by atoms with van der Waals surface area (Å²) in [5.74, 6) is 0.0889. The van der Waals surface area contributed by atoms with Gasteiger partial charge in [0.2, 0.25) is 5.91 Å². The van der Waals surface area contributed by atoms with E-state index in [0.29, 0.717) is 37.5 Å². The van der Waals surface area contributed by atoms with E-state index in [1.54, 1.807) is 24.3 Å². The summed E-state index contributed by atoms with van der Waals surface area (Å²) in [7, 11) is 1.49. The van der Waals surface area contributed by atoms with Crippen molar-refractivity contribution in [2.45, 2.75) is 18.6 Å². The molecule has 0 saturated carbocycles. The van der Waals surface area contributed by atoms with Crippen LogP contribution in [0, 0.1) is 0 Å². The number of carbonyl (C=O) groups is 1. The van der Waals surface area contributed by atoms with E-state index < -0.39 is 24.7 Å². The molecule has 1 atom stereocenters. The van der Waals surface area contributed by atoms with Crippen LogP contribution in [0.2, 0.25) is 0 Å². The summed E-state index contributed by atoms with van der Waals surface area (Å²) in [6, 6.07) is 5.29. The summed E-state index contributed by atoms with van der Waals surface area (Å²) >= 11 is 0. The number of piperazine rings is 1. The smallest absolute Gasteiger partial charge is 0.405 e. The number of para-hydroxylation sites is 1. The summed E-state index contributed by atoms with van der Waals surface area (Å²) < 4.78 is 44.9. The van der Waals surface area contributed by atoms with Crippen LogP contribution in [0.3, 0.4) is 0 Å². The van der Waals surface area contributed by atoms with E-state index in [2.05, 4.69) is 10.6 Å². The summed E-state index contributed by atoms with van der Waals surface area (Å²) in [5.41, 5.74) is 0.642. The third-order valence-corrected chi connectivity index (χ3v) is 4.01. The quantitative estimate of drug-likeness (QED) is 0.813. The molecular formula is C16H22F3N3O2. The van der Waals surface area contributed by atoms with Gasteiger partial charge in [-0.25, -0.2) is 0 Å². The van der Waals surface area contributed by atoms with Gasteiger partial charge in [-0.1, -0.05) is 18.2 Å². The molecule has 1 fully saturated rings. The maximum atomic E-state index is 13.3. The molecule has 1 heterocycles. The normalized spacial score (nSPS) is 17.3. The monoisotopic (exact) mass is 345 g/mol. The molecule has 134 valence electrons. The molecule has 24 heavy (non-hydrogen) atoms. The Balaban J connectivity index is 1.94. The molecule has 0 radical (unpaired) electrons. The van der Waals surface area contributed by atoms with Crippen LogP contribution in [0.1, 0.15) is 5.56 Å². The van der Waals surface area contributed by atoms with Crippen LogP contribution in [-0.4, -0.2) is 62.9 Å².